The van der Waals surface area contributed by atoms with Crippen molar-refractivity contribution in [2.45, 2.75) is 17.6 Å². The maximum absolute atomic E-state index is 12.5. The Balaban J connectivity index is 1.86. The summed E-state index contributed by atoms with van der Waals surface area (Å²) in [6.45, 7) is 1.94. The van der Waals surface area contributed by atoms with E-state index < -0.39 is 6.43 Å². The van der Waals surface area contributed by atoms with E-state index in [-0.39, 0.29) is 5.01 Å². The van der Waals surface area contributed by atoms with E-state index in [1.165, 1.54) is 18.1 Å². The van der Waals surface area contributed by atoms with Gasteiger partial charge in [-0.05, 0) is 30.5 Å². The number of aromatic amines is 1. The largest absolute Gasteiger partial charge is 0.358 e. The molecular weight excluding hydrogens is 326 g/mol. The first-order valence-corrected chi connectivity index (χ1v) is 7.91. The molecule has 8 heteroatoms. The first-order valence-electron chi connectivity index (χ1n) is 6.27. The number of halogens is 2. The first-order chi connectivity index (χ1) is 10.6. The number of aromatic nitrogens is 2. The molecule has 4 nitrogen and oxygen atoms in total. The van der Waals surface area contributed by atoms with Crippen molar-refractivity contribution >= 4 is 39.9 Å². The summed E-state index contributed by atoms with van der Waals surface area (Å²) in [5, 5.41) is 9.81. The molecule has 0 saturated heterocycles. The van der Waals surface area contributed by atoms with Crippen molar-refractivity contribution in [3.05, 3.63) is 40.7 Å². The molecule has 3 rings (SSSR count). The Morgan fingerprint density at radius 1 is 1.45 bits per heavy atom. The van der Waals surface area contributed by atoms with Gasteiger partial charge in [0.15, 0.2) is 5.01 Å². The zero-order valence-electron chi connectivity index (χ0n) is 11.4. The number of aryl methyl sites for hydroxylation is 1. The standard InChI is InChI=1S/C14H10F2N4S2/c1-7-2-3-9(12-11(7)8(4-17)5-18-12)20-22-10-6-19-14(21-10)13(15)16/h2-3,5-6,13,18,20H,1H3. The highest BCUT2D eigenvalue weighted by Crippen LogP contribution is 2.34. The number of alkyl halides is 2. The van der Waals surface area contributed by atoms with Crippen LogP contribution in [-0.4, -0.2) is 9.97 Å². The van der Waals surface area contributed by atoms with Crippen LogP contribution in [0, 0.1) is 18.3 Å². The Morgan fingerprint density at radius 3 is 2.95 bits per heavy atom. The molecule has 0 aliphatic carbocycles. The van der Waals surface area contributed by atoms with Crippen molar-refractivity contribution in [2.75, 3.05) is 4.72 Å². The van der Waals surface area contributed by atoms with E-state index in [1.807, 2.05) is 19.1 Å². The molecule has 0 amide bonds. The van der Waals surface area contributed by atoms with Crippen LogP contribution in [0.4, 0.5) is 14.5 Å². The number of rotatable bonds is 4. The summed E-state index contributed by atoms with van der Waals surface area (Å²) < 4.78 is 28.8. The molecule has 0 aliphatic heterocycles. The summed E-state index contributed by atoms with van der Waals surface area (Å²) in [4.78, 5) is 6.76. The number of nitriles is 1. The summed E-state index contributed by atoms with van der Waals surface area (Å²) in [5.74, 6) is 0. The number of fused-ring (bicyclic) bond motifs is 1. The van der Waals surface area contributed by atoms with Crippen LogP contribution in [0.25, 0.3) is 10.9 Å². The van der Waals surface area contributed by atoms with Gasteiger partial charge in [-0.3, -0.25) is 0 Å². The highest BCUT2D eigenvalue weighted by molar-refractivity contribution is 8.02. The van der Waals surface area contributed by atoms with Crippen LogP contribution in [-0.2, 0) is 0 Å². The SMILES string of the molecule is Cc1ccc(NSc2cnc(C(F)F)s2)c2[nH]cc(C#N)c12. The quantitative estimate of drug-likeness (QED) is 0.668. The van der Waals surface area contributed by atoms with Crippen LogP contribution >= 0.6 is 23.3 Å². The van der Waals surface area contributed by atoms with E-state index in [1.54, 1.807) is 6.20 Å². The first kappa shape index (κ1) is 14.8. The lowest BCUT2D eigenvalue weighted by molar-refractivity contribution is 0.151. The van der Waals surface area contributed by atoms with Crippen molar-refractivity contribution in [3.8, 4) is 6.07 Å². The molecule has 2 N–H and O–H groups in total. The summed E-state index contributed by atoms with van der Waals surface area (Å²) in [6.07, 6.45) is 0.534. The fraction of sp³-hybridized carbons (Fsp3) is 0.143. The Morgan fingerprint density at radius 2 is 2.27 bits per heavy atom. The maximum Gasteiger partial charge on any atom is 0.289 e. The third kappa shape index (κ3) is 2.65. The van der Waals surface area contributed by atoms with E-state index in [4.69, 9.17) is 5.26 Å². The molecule has 0 bridgehead atoms. The second-order valence-corrected chi connectivity index (χ2v) is 6.69. The maximum atomic E-state index is 12.5. The normalized spacial score (nSPS) is 11.0. The van der Waals surface area contributed by atoms with Crippen LogP contribution in [0.5, 0.6) is 0 Å². The van der Waals surface area contributed by atoms with E-state index in [2.05, 4.69) is 20.8 Å². The summed E-state index contributed by atoms with van der Waals surface area (Å²) in [7, 11) is 0. The van der Waals surface area contributed by atoms with E-state index in [0.717, 1.165) is 33.5 Å². The molecule has 1 aromatic carbocycles. The Bertz CT molecular complexity index is 863. The number of H-pyrrole nitrogens is 1. The lowest BCUT2D eigenvalue weighted by Crippen LogP contribution is -1.88. The van der Waals surface area contributed by atoms with Gasteiger partial charge in [-0.2, -0.15) is 5.26 Å². The number of hydrogen-bond acceptors (Lipinski definition) is 5. The fourth-order valence-corrected chi connectivity index (χ4v) is 3.66. The van der Waals surface area contributed by atoms with Crippen molar-refractivity contribution in [2.24, 2.45) is 0 Å². The van der Waals surface area contributed by atoms with Gasteiger partial charge < -0.3 is 9.71 Å². The van der Waals surface area contributed by atoms with Gasteiger partial charge >= 0.3 is 0 Å². The topological polar surface area (TPSA) is 64.5 Å². The van der Waals surface area contributed by atoms with Crippen LogP contribution in [0.1, 0.15) is 22.6 Å². The zero-order valence-corrected chi connectivity index (χ0v) is 13.0. The Labute approximate surface area is 133 Å². The number of nitrogens with one attached hydrogen (secondary N) is 2. The molecule has 112 valence electrons. The van der Waals surface area contributed by atoms with Crippen LogP contribution < -0.4 is 4.72 Å². The highest BCUT2D eigenvalue weighted by Gasteiger charge is 2.14. The third-order valence-electron chi connectivity index (χ3n) is 3.11. The monoisotopic (exact) mass is 336 g/mol. The number of benzene rings is 1. The predicted octanol–water partition coefficient (Wildman–Crippen LogP) is 4.86. The lowest BCUT2D eigenvalue weighted by atomic mass is 10.1. The minimum atomic E-state index is -2.55. The Kier molecular flexibility index (Phi) is 4.00. The number of nitrogens with zero attached hydrogens (tertiary/aromatic N) is 2. The van der Waals surface area contributed by atoms with Crippen molar-refractivity contribution in [1.29, 1.82) is 5.26 Å². The summed E-state index contributed by atoms with van der Waals surface area (Å²) >= 11 is 2.17. The van der Waals surface area contributed by atoms with Gasteiger partial charge in [0.1, 0.15) is 10.3 Å². The second-order valence-electron chi connectivity index (χ2n) is 4.52. The average Bonchev–Trinajstić information content (AvgIpc) is 3.13. The lowest BCUT2D eigenvalue weighted by Gasteiger charge is -2.07. The molecule has 22 heavy (non-hydrogen) atoms. The Hall–Kier alpha value is -2.11. The molecule has 2 heterocycles. The van der Waals surface area contributed by atoms with Crippen molar-refractivity contribution in [3.63, 3.8) is 0 Å². The van der Waals surface area contributed by atoms with Crippen molar-refractivity contribution < 1.29 is 8.78 Å². The summed E-state index contributed by atoms with van der Waals surface area (Å²) in [5.41, 5.74) is 3.20. The molecular formula is C14H10F2N4S2. The van der Waals surface area contributed by atoms with E-state index in [9.17, 15) is 8.78 Å². The molecule has 0 radical (unpaired) electrons. The van der Waals surface area contributed by atoms with Crippen LogP contribution in [0.3, 0.4) is 0 Å². The smallest absolute Gasteiger partial charge is 0.289 e. The molecule has 0 saturated carbocycles. The van der Waals surface area contributed by atoms with Gasteiger partial charge in [-0.1, -0.05) is 6.07 Å². The van der Waals surface area contributed by atoms with Crippen molar-refractivity contribution in [1.82, 2.24) is 9.97 Å². The molecule has 2 aromatic heterocycles. The van der Waals surface area contributed by atoms with Crippen LogP contribution in [0.15, 0.2) is 28.7 Å². The number of hydrogen-bond donors (Lipinski definition) is 2. The van der Waals surface area contributed by atoms with Gasteiger partial charge in [0.2, 0.25) is 0 Å². The van der Waals surface area contributed by atoms with Gasteiger partial charge in [0.25, 0.3) is 6.43 Å². The molecule has 0 aliphatic rings. The second kappa shape index (κ2) is 5.94. The van der Waals surface area contributed by atoms with E-state index in [0.29, 0.717) is 9.77 Å². The van der Waals surface area contributed by atoms with Crippen LogP contribution in [0.2, 0.25) is 0 Å². The number of thiazole rings is 1. The van der Waals surface area contributed by atoms with Gasteiger partial charge in [-0.25, -0.2) is 13.8 Å². The molecule has 3 aromatic rings. The molecule has 0 fully saturated rings. The summed E-state index contributed by atoms with van der Waals surface area (Å²) in [6, 6.07) is 5.95. The number of anilines is 1. The fourth-order valence-electron chi connectivity index (χ4n) is 2.12. The van der Waals surface area contributed by atoms with Gasteiger partial charge in [0, 0.05) is 11.6 Å². The minimum Gasteiger partial charge on any atom is -0.358 e. The zero-order chi connectivity index (χ0) is 15.7. The average molecular weight is 336 g/mol. The molecule has 0 spiro atoms. The van der Waals surface area contributed by atoms with E-state index >= 15 is 0 Å². The van der Waals surface area contributed by atoms with Gasteiger partial charge in [0.05, 0.1) is 23.0 Å². The molecule has 0 atom stereocenters. The predicted molar refractivity (Wildman–Crippen MR) is 84.3 cm³/mol. The van der Waals surface area contributed by atoms with Gasteiger partial charge in [-0.15, -0.1) is 11.3 Å². The third-order valence-corrected chi connectivity index (χ3v) is 5.04. The highest BCUT2D eigenvalue weighted by atomic mass is 32.2. The molecule has 0 unspecified atom stereocenters. The minimum absolute atomic E-state index is 0.190.